The summed E-state index contributed by atoms with van der Waals surface area (Å²) in [5, 5.41) is 31.5. The van der Waals surface area contributed by atoms with Gasteiger partial charge in [-0.1, -0.05) is 0 Å². The van der Waals surface area contributed by atoms with Crippen LogP contribution in [0.1, 0.15) is 13.2 Å². The van der Waals surface area contributed by atoms with Gasteiger partial charge in [-0.25, -0.2) is 19.3 Å². The lowest BCUT2D eigenvalue weighted by molar-refractivity contribution is -0.114. The predicted molar refractivity (Wildman–Crippen MR) is 75.5 cm³/mol. The van der Waals surface area contributed by atoms with E-state index in [1.54, 1.807) is 0 Å². The molecule has 1 aliphatic heterocycles. The number of carbonyl (C=O) groups excluding carboxylic acids is 1. The minimum absolute atomic E-state index is 0.0867. The number of hydrogen-bond acceptors (Lipinski definition) is 8. The number of ether oxygens (including phenoxy) is 1. The van der Waals surface area contributed by atoms with Gasteiger partial charge in [-0.15, -0.1) is 0 Å². The van der Waals surface area contributed by atoms with Gasteiger partial charge in [0.1, 0.15) is 30.2 Å². The van der Waals surface area contributed by atoms with Crippen LogP contribution < -0.4 is 11.0 Å². The molecule has 1 amide bonds. The van der Waals surface area contributed by atoms with Gasteiger partial charge in [0.15, 0.2) is 17.7 Å². The number of amides is 1. The van der Waals surface area contributed by atoms with Crippen LogP contribution in [0.25, 0.3) is 11.2 Å². The minimum atomic E-state index is -1.43. The summed E-state index contributed by atoms with van der Waals surface area (Å²) in [5.41, 5.74) is -0.420. The van der Waals surface area contributed by atoms with E-state index in [1.165, 1.54) is 6.92 Å². The average Bonchev–Trinajstić information content (AvgIpc) is 2.97. The van der Waals surface area contributed by atoms with E-state index in [9.17, 15) is 19.8 Å². The lowest BCUT2D eigenvalue weighted by Gasteiger charge is -2.15. The van der Waals surface area contributed by atoms with Crippen molar-refractivity contribution in [3.8, 4) is 0 Å². The molecule has 11 nitrogen and oxygen atoms in total. The first-order valence-corrected chi connectivity index (χ1v) is 6.79. The number of carbonyl (C=O) groups is 1. The number of aromatic nitrogens is 4. The summed E-state index contributed by atoms with van der Waals surface area (Å²) in [6.07, 6.45) is -3.90. The molecule has 23 heavy (non-hydrogen) atoms. The fourth-order valence-corrected chi connectivity index (χ4v) is 2.53. The topological polar surface area (TPSA) is 163 Å². The Morgan fingerprint density at radius 2 is 2.17 bits per heavy atom. The zero-order valence-electron chi connectivity index (χ0n) is 12.0. The van der Waals surface area contributed by atoms with Crippen molar-refractivity contribution in [3.63, 3.8) is 0 Å². The normalized spacial score (nSPS) is 27.5. The summed E-state index contributed by atoms with van der Waals surface area (Å²) < 4.78 is 6.34. The van der Waals surface area contributed by atoms with Gasteiger partial charge in [-0.2, -0.15) is 0 Å². The smallest absolute Gasteiger partial charge is 0.330 e. The summed E-state index contributed by atoms with van der Waals surface area (Å²) in [6.45, 7) is 0.771. The standard InChI is InChI=1S/C12H15N5O6/c1-4(19)15-9-6-10(14-3-13-9)17(12(22)16-6)11-8(21)7(20)5(2-18)23-11/h3,5,7-8,11,18,20-21H,2H2,1H3,(H,16,22)(H,13,14,15,19)/t5-,7?,8?,11-/m1/s1. The third kappa shape index (κ3) is 2.49. The van der Waals surface area contributed by atoms with Gasteiger partial charge in [0.25, 0.3) is 0 Å². The van der Waals surface area contributed by atoms with Crippen LogP contribution in [-0.2, 0) is 9.53 Å². The summed E-state index contributed by atoms with van der Waals surface area (Å²) in [5.74, 6) is -0.281. The van der Waals surface area contributed by atoms with Gasteiger partial charge < -0.3 is 30.4 Å². The molecule has 0 saturated carbocycles. The fourth-order valence-electron chi connectivity index (χ4n) is 2.53. The highest BCUT2D eigenvalue weighted by molar-refractivity contribution is 5.95. The summed E-state index contributed by atoms with van der Waals surface area (Å²) in [7, 11) is 0. The number of nitrogens with zero attached hydrogens (tertiary/aromatic N) is 3. The number of aliphatic hydroxyl groups is 3. The third-order valence-electron chi connectivity index (χ3n) is 3.57. The maximum absolute atomic E-state index is 12.2. The number of aliphatic hydroxyl groups excluding tert-OH is 3. The van der Waals surface area contributed by atoms with Crippen molar-refractivity contribution in [2.24, 2.45) is 0 Å². The number of imidazole rings is 1. The van der Waals surface area contributed by atoms with E-state index in [2.05, 4.69) is 20.3 Å². The SMILES string of the molecule is CC(=O)Nc1ncnc2c1[nH]c(=O)n2[C@@H]1O[C@H](CO)C(O)C1O. The van der Waals surface area contributed by atoms with Crippen molar-refractivity contribution < 1.29 is 24.9 Å². The highest BCUT2D eigenvalue weighted by Crippen LogP contribution is 2.30. The molecule has 1 aliphatic rings. The van der Waals surface area contributed by atoms with E-state index in [1.807, 2.05) is 0 Å². The van der Waals surface area contributed by atoms with Crippen LogP contribution in [0.15, 0.2) is 11.1 Å². The molecule has 1 saturated heterocycles. The second kappa shape index (κ2) is 5.70. The van der Waals surface area contributed by atoms with Crippen molar-refractivity contribution in [3.05, 3.63) is 16.8 Å². The molecule has 2 unspecified atom stereocenters. The molecule has 2 aromatic heterocycles. The monoisotopic (exact) mass is 325 g/mol. The van der Waals surface area contributed by atoms with E-state index >= 15 is 0 Å². The summed E-state index contributed by atoms with van der Waals surface area (Å²) in [4.78, 5) is 33.7. The van der Waals surface area contributed by atoms with Crippen LogP contribution in [0.2, 0.25) is 0 Å². The molecule has 1 fully saturated rings. The number of nitrogens with one attached hydrogen (secondary N) is 2. The average molecular weight is 325 g/mol. The Morgan fingerprint density at radius 3 is 2.78 bits per heavy atom. The van der Waals surface area contributed by atoms with E-state index in [0.717, 1.165) is 10.9 Å². The Kier molecular flexibility index (Phi) is 3.85. The largest absolute Gasteiger partial charge is 0.394 e. The predicted octanol–water partition coefficient (Wildman–Crippen LogP) is -2.31. The first kappa shape index (κ1) is 15.6. The van der Waals surface area contributed by atoms with Gasteiger partial charge >= 0.3 is 5.69 Å². The first-order valence-electron chi connectivity index (χ1n) is 6.79. The fraction of sp³-hybridized carbons (Fsp3) is 0.500. The van der Waals surface area contributed by atoms with Crippen molar-refractivity contribution >= 4 is 22.9 Å². The molecule has 0 bridgehead atoms. The second-order valence-corrected chi connectivity index (χ2v) is 5.13. The van der Waals surface area contributed by atoms with Gasteiger partial charge in [0.2, 0.25) is 5.91 Å². The molecule has 4 atom stereocenters. The van der Waals surface area contributed by atoms with E-state index in [-0.39, 0.29) is 22.9 Å². The van der Waals surface area contributed by atoms with Crippen LogP contribution in [0.5, 0.6) is 0 Å². The van der Waals surface area contributed by atoms with Crippen molar-refractivity contribution in [1.29, 1.82) is 0 Å². The molecule has 0 aliphatic carbocycles. The Balaban J connectivity index is 2.10. The molecule has 11 heteroatoms. The molecule has 0 spiro atoms. The maximum Gasteiger partial charge on any atom is 0.330 e. The molecule has 2 aromatic rings. The van der Waals surface area contributed by atoms with E-state index in [4.69, 9.17) is 9.84 Å². The molecule has 0 radical (unpaired) electrons. The van der Waals surface area contributed by atoms with Crippen molar-refractivity contribution in [2.75, 3.05) is 11.9 Å². The zero-order chi connectivity index (χ0) is 16.7. The molecule has 124 valence electrons. The number of aromatic amines is 1. The van der Waals surface area contributed by atoms with E-state index < -0.39 is 36.8 Å². The molecule has 0 aromatic carbocycles. The van der Waals surface area contributed by atoms with Gasteiger partial charge in [-0.3, -0.25) is 4.79 Å². The van der Waals surface area contributed by atoms with Gasteiger partial charge in [0, 0.05) is 6.92 Å². The molecular weight excluding hydrogens is 310 g/mol. The van der Waals surface area contributed by atoms with Gasteiger partial charge in [0.05, 0.1) is 6.61 Å². The second-order valence-electron chi connectivity index (χ2n) is 5.13. The number of fused-ring (bicyclic) bond motifs is 1. The van der Waals surface area contributed by atoms with Crippen LogP contribution in [-0.4, -0.2) is 65.7 Å². The highest BCUT2D eigenvalue weighted by atomic mass is 16.6. The van der Waals surface area contributed by atoms with E-state index in [0.29, 0.717) is 0 Å². The minimum Gasteiger partial charge on any atom is -0.394 e. The number of rotatable bonds is 3. The third-order valence-corrected chi connectivity index (χ3v) is 3.57. The first-order chi connectivity index (χ1) is 10.9. The molecule has 3 rings (SSSR count). The highest BCUT2D eigenvalue weighted by Gasteiger charge is 2.44. The molecule has 3 heterocycles. The maximum atomic E-state index is 12.2. The Labute approximate surface area is 128 Å². The number of H-pyrrole nitrogens is 1. The summed E-state index contributed by atoms with van der Waals surface area (Å²) >= 11 is 0. The summed E-state index contributed by atoms with van der Waals surface area (Å²) in [6, 6.07) is 0. The van der Waals surface area contributed by atoms with Crippen LogP contribution >= 0.6 is 0 Å². The van der Waals surface area contributed by atoms with Gasteiger partial charge in [-0.05, 0) is 0 Å². The van der Waals surface area contributed by atoms with Crippen LogP contribution in [0.4, 0.5) is 5.82 Å². The van der Waals surface area contributed by atoms with Crippen molar-refractivity contribution in [2.45, 2.75) is 31.5 Å². The lowest BCUT2D eigenvalue weighted by atomic mass is 10.1. The molecular formula is C12H15N5O6. The quantitative estimate of drug-likeness (QED) is 0.420. The van der Waals surface area contributed by atoms with Crippen LogP contribution in [0, 0.1) is 0 Å². The Morgan fingerprint density at radius 1 is 1.43 bits per heavy atom. The number of anilines is 1. The molecule has 5 N–H and O–H groups in total. The lowest BCUT2D eigenvalue weighted by Crippen LogP contribution is -2.34. The Bertz CT molecular complexity index is 801. The van der Waals surface area contributed by atoms with Crippen LogP contribution in [0.3, 0.4) is 0 Å². The van der Waals surface area contributed by atoms with Crippen molar-refractivity contribution in [1.82, 2.24) is 19.5 Å². The number of hydrogen-bond donors (Lipinski definition) is 5. The Hall–Kier alpha value is -2.34. The zero-order valence-corrected chi connectivity index (χ0v) is 12.0.